The zero-order valence-electron chi connectivity index (χ0n) is 10.9. The van der Waals surface area contributed by atoms with Crippen molar-refractivity contribution in [1.82, 2.24) is 15.1 Å². The van der Waals surface area contributed by atoms with E-state index in [9.17, 15) is 4.79 Å². The molecule has 0 bridgehead atoms. The Bertz CT molecular complexity index is 592. The number of nitrogens with zero attached hydrogens (tertiary/aromatic N) is 2. The summed E-state index contributed by atoms with van der Waals surface area (Å²) < 4.78 is 7.10. The number of carbonyl (C=O) groups excluding carboxylic acids is 1. The van der Waals surface area contributed by atoms with E-state index in [4.69, 9.17) is 10.5 Å². The van der Waals surface area contributed by atoms with Gasteiger partial charge in [0.1, 0.15) is 5.75 Å². The van der Waals surface area contributed by atoms with Crippen LogP contribution in [0.25, 0.3) is 11.1 Å². The minimum atomic E-state index is -0.189. The lowest BCUT2D eigenvalue weighted by Gasteiger charge is -2.08. The molecule has 0 spiro atoms. The van der Waals surface area contributed by atoms with Crippen molar-refractivity contribution in [3.63, 3.8) is 0 Å². The number of carbonyl (C=O) groups is 1. The average molecular weight is 260 g/mol. The van der Waals surface area contributed by atoms with E-state index in [0.29, 0.717) is 11.4 Å². The molecule has 0 saturated carbocycles. The van der Waals surface area contributed by atoms with Gasteiger partial charge in [0.2, 0.25) is 0 Å². The molecular formula is C13H16N4O2. The van der Waals surface area contributed by atoms with E-state index < -0.39 is 0 Å². The van der Waals surface area contributed by atoms with Crippen LogP contribution >= 0.6 is 0 Å². The second-order valence-electron chi connectivity index (χ2n) is 4.16. The number of amides is 1. The first-order valence-corrected chi connectivity index (χ1v) is 5.81. The second-order valence-corrected chi connectivity index (χ2v) is 4.16. The van der Waals surface area contributed by atoms with Crippen molar-refractivity contribution in [1.29, 1.82) is 0 Å². The summed E-state index contributed by atoms with van der Waals surface area (Å²) in [5.74, 6) is 0.368. The van der Waals surface area contributed by atoms with E-state index in [1.165, 1.54) is 0 Å². The first-order valence-electron chi connectivity index (χ1n) is 5.81. The van der Waals surface area contributed by atoms with Gasteiger partial charge in [-0.05, 0) is 17.7 Å². The molecule has 0 atom stereocenters. The molecule has 19 heavy (non-hydrogen) atoms. The van der Waals surface area contributed by atoms with Gasteiger partial charge in [-0.1, -0.05) is 0 Å². The number of likely N-dealkylation sites (N-methyl/N-ethyl adjacent to an activating group) is 1. The van der Waals surface area contributed by atoms with E-state index in [2.05, 4.69) is 10.4 Å². The second kappa shape index (κ2) is 5.43. The molecule has 1 heterocycles. The van der Waals surface area contributed by atoms with Gasteiger partial charge in [0, 0.05) is 37.6 Å². The van der Waals surface area contributed by atoms with Gasteiger partial charge in [0.15, 0.2) is 6.61 Å². The van der Waals surface area contributed by atoms with Crippen LogP contribution in [0.1, 0.15) is 0 Å². The number of rotatable bonds is 4. The SMILES string of the molecule is CNC(=O)COc1cc(N)cc(-c2cnn(C)c2)c1. The molecule has 2 rings (SSSR count). The van der Waals surface area contributed by atoms with Crippen molar-refractivity contribution >= 4 is 11.6 Å². The fourth-order valence-electron chi connectivity index (χ4n) is 1.66. The van der Waals surface area contributed by atoms with E-state index >= 15 is 0 Å². The van der Waals surface area contributed by atoms with Crippen molar-refractivity contribution < 1.29 is 9.53 Å². The van der Waals surface area contributed by atoms with Crippen LogP contribution in [-0.2, 0) is 11.8 Å². The van der Waals surface area contributed by atoms with Crippen LogP contribution < -0.4 is 15.8 Å². The van der Waals surface area contributed by atoms with Crippen LogP contribution in [0, 0.1) is 0 Å². The number of benzene rings is 1. The van der Waals surface area contributed by atoms with Crippen LogP contribution in [0.15, 0.2) is 30.6 Å². The lowest BCUT2D eigenvalue weighted by atomic mass is 10.1. The molecule has 0 saturated heterocycles. The fourth-order valence-corrected chi connectivity index (χ4v) is 1.66. The molecule has 0 aliphatic carbocycles. The molecule has 6 nitrogen and oxygen atoms in total. The largest absolute Gasteiger partial charge is 0.484 e. The lowest BCUT2D eigenvalue weighted by molar-refractivity contribution is -0.122. The third-order valence-electron chi connectivity index (χ3n) is 2.62. The summed E-state index contributed by atoms with van der Waals surface area (Å²) in [6.45, 7) is -0.0353. The number of hydrogen-bond donors (Lipinski definition) is 2. The minimum absolute atomic E-state index is 0.0353. The zero-order valence-corrected chi connectivity index (χ0v) is 10.9. The number of hydrogen-bond acceptors (Lipinski definition) is 4. The number of anilines is 1. The molecule has 1 aromatic heterocycles. The highest BCUT2D eigenvalue weighted by atomic mass is 16.5. The van der Waals surface area contributed by atoms with Crippen LogP contribution in [-0.4, -0.2) is 29.3 Å². The van der Waals surface area contributed by atoms with Gasteiger partial charge in [0.25, 0.3) is 5.91 Å². The fraction of sp³-hybridized carbons (Fsp3) is 0.231. The van der Waals surface area contributed by atoms with Gasteiger partial charge >= 0.3 is 0 Å². The smallest absolute Gasteiger partial charge is 0.257 e. The van der Waals surface area contributed by atoms with Gasteiger partial charge in [-0.2, -0.15) is 5.10 Å². The summed E-state index contributed by atoms with van der Waals surface area (Å²) in [6.07, 6.45) is 3.63. The molecule has 0 aliphatic rings. The highest BCUT2D eigenvalue weighted by Gasteiger charge is 2.06. The van der Waals surface area contributed by atoms with Crippen molar-refractivity contribution in [2.75, 3.05) is 19.4 Å². The monoisotopic (exact) mass is 260 g/mol. The Balaban J connectivity index is 2.22. The molecular weight excluding hydrogens is 244 g/mol. The lowest BCUT2D eigenvalue weighted by Crippen LogP contribution is -2.24. The Labute approximate surface area is 111 Å². The summed E-state index contributed by atoms with van der Waals surface area (Å²) >= 11 is 0. The Kier molecular flexibility index (Phi) is 3.70. The predicted molar refractivity (Wildman–Crippen MR) is 72.6 cm³/mol. The number of nitrogens with two attached hydrogens (primary N) is 1. The Morgan fingerprint density at radius 3 is 2.84 bits per heavy atom. The molecule has 2 aromatic rings. The summed E-state index contributed by atoms with van der Waals surface area (Å²) in [7, 11) is 3.41. The van der Waals surface area contributed by atoms with E-state index in [-0.39, 0.29) is 12.5 Å². The Morgan fingerprint density at radius 2 is 2.21 bits per heavy atom. The normalized spacial score (nSPS) is 10.2. The number of aromatic nitrogens is 2. The summed E-state index contributed by atoms with van der Waals surface area (Å²) in [5.41, 5.74) is 8.26. The highest BCUT2D eigenvalue weighted by Crippen LogP contribution is 2.26. The average Bonchev–Trinajstić information content (AvgIpc) is 2.82. The molecule has 0 aliphatic heterocycles. The zero-order chi connectivity index (χ0) is 13.8. The summed E-state index contributed by atoms with van der Waals surface area (Å²) in [5, 5.41) is 6.60. The maximum atomic E-state index is 11.1. The van der Waals surface area contributed by atoms with E-state index in [0.717, 1.165) is 11.1 Å². The summed E-state index contributed by atoms with van der Waals surface area (Å²) in [4.78, 5) is 11.1. The predicted octanol–water partition coefficient (Wildman–Crippen LogP) is 0.794. The molecule has 100 valence electrons. The summed E-state index contributed by atoms with van der Waals surface area (Å²) in [6, 6.07) is 5.35. The number of nitrogen functional groups attached to an aromatic ring is 1. The first kappa shape index (κ1) is 12.9. The number of aryl methyl sites for hydroxylation is 1. The third kappa shape index (κ3) is 3.25. The third-order valence-corrected chi connectivity index (χ3v) is 2.62. The van der Waals surface area contributed by atoms with E-state index in [1.54, 1.807) is 24.0 Å². The van der Waals surface area contributed by atoms with Gasteiger partial charge in [-0.3, -0.25) is 9.48 Å². The topological polar surface area (TPSA) is 82.2 Å². The highest BCUT2D eigenvalue weighted by molar-refractivity contribution is 5.77. The number of ether oxygens (including phenoxy) is 1. The quantitative estimate of drug-likeness (QED) is 0.796. The molecule has 1 aromatic carbocycles. The Hall–Kier alpha value is -2.50. The molecule has 1 amide bonds. The first-order chi connectivity index (χ1) is 9.08. The van der Waals surface area contributed by atoms with Gasteiger partial charge in [-0.25, -0.2) is 0 Å². The van der Waals surface area contributed by atoms with Crippen molar-refractivity contribution in [2.45, 2.75) is 0 Å². The molecule has 0 radical (unpaired) electrons. The van der Waals surface area contributed by atoms with Crippen molar-refractivity contribution in [2.24, 2.45) is 7.05 Å². The van der Waals surface area contributed by atoms with Crippen molar-refractivity contribution in [3.8, 4) is 16.9 Å². The van der Waals surface area contributed by atoms with Crippen molar-refractivity contribution in [3.05, 3.63) is 30.6 Å². The standard InChI is InChI=1S/C13H16N4O2/c1-15-13(18)8-19-12-4-9(3-11(14)5-12)10-6-16-17(2)7-10/h3-7H,8,14H2,1-2H3,(H,15,18). The van der Waals surface area contributed by atoms with Gasteiger partial charge < -0.3 is 15.8 Å². The van der Waals surface area contributed by atoms with Gasteiger partial charge in [0.05, 0.1) is 6.20 Å². The Morgan fingerprint density at radius 1 is 1.42 bits per heavy atom. The van der Waals surface area contributed by atoms with Gasteiger partial charge in [-0.15, -0.1) is 0 Å². The maximum absolute atomic E-state index is 11.1. The van der Waals surface area contributed by atoms with Crippen LogP contribution in [0.3, 0.4) is 0 Å². The molecule has 6 heteroatoms. The number of nitrogens with one attached hydrogen (secondary N) is 1. The molecule has 0 unspecified atom stereocenters. The maximum Gasteiger partial charge on any atom is 0.257 e. The molecule has 3 N–H and O–H groups in total. The van der Waals surface area contributed by atoms with Crippen LogP contribution in [0.2, 0.25) is 0 Å². The van der Waals surface area contributed by atoms with Crippen LogP contribution in [0.4, 0.5) is 5.69 Å². The minimum Gasteiger partial charge on any atom is -0.484 e. The van der Waals surface area contributed by atoms with Crippen LogP contribution in [0.5, 0.6) is 5.75 Å². The molecule has 0 fully saturated rings. The van der Waals surface area contributed by atoms with E-state index in [1.807, 2.05) is 25.4 Å².